The summed E-state index contributed by atoms with van der Waals surface area (Å²) in [5.41, 5.74) is 0.498. The summed E-state index contributed by atoms with van der Waals surface area (Å²) in [5.74, 6) is 1.12. The van der Waals surface area contributed by atoms with Gasteiger partial charge in [-0.1, -0.05) is 13.8 Å². The van der Waals surface area contributed by atoms with E-state index in [0.717, 1.165) is 45.2 Å². The lowest BCUT2D eigenvalue weighted by Crippen LogP contribution is -2.51. The van der Waals surface area contributed by atoms with Gasteiger partial charge in [0.15, 0.2) is 5.96 Å². The van der Waals surface area contributed by atoms with Gasteiger partial charge in [-0.3, -0.25) is 9.89 Å². The minimum Gasteiger partial charge on any atom is -0.357 e. The van der Waals surface area contributed by atoms with E-state index < -0.39 is 0 Å². The largest absolute Gasteiger partial charge is 0.357 e. The molecule has 2 fully saturated rings. The highest BCUT2D eigenvalue weighted by atomic mass is 127. The normalized spacial score (nSPS) is 25.6. The number of piperazine rings is 1. The third kappa shape index (κ3) is 5.46. The Balaban J connectivity index is 0.00000288. The van der Waals surface area contributed by atoms with Crippen LogP contribution in [-0.4, -0.2) is 86.6 Å². The molecule has 2 heterocycles. The summed E-state index contributed by atoms with van der Waals surface area (Å²) >= 11 is 0. The third-order valence-electron chi connectivity index (χ3n) is 6.00. The molecule has 1 unspecified atom stereocenters. The van der Waals surface area contributed by atoms with Gasteiger partial charge >= 0.3 is 0 Å². The number of nitrogens with one attached hydrogen (secondary N) is 1. The lowest BCUT2D eigenvalue weighted by Gasteiger charge is -2.37. The summed E-state index contributed by atoms with van der Waals surface area (Å²) in [6.07, 6.45) is 3.85. The highest BCUT2D eigenvalue weighted by Gasteiger charge is 2.36. The zero-order valence-electron chi connectivity index (χ0n) is 16.3. The zero-order valence-corrected chi connectivity index (χ0v) is 18.7. The number of guanidine groups is 1. The first kappa shape index (κ1) is 22.0. The average Bonchev–Trinajstić information content (AvgIpc) is 2.99. The minimum absolute atomic E-state index is 0. The van der Waals surface area contributed by atoms with Crippen LogP contribution < -0.4 is 5.32 Å². The molecule has 0 aromatic heterocycles. The molecule has 2 aliphatic heterocycles. The molecule has 0 aromatic rings. The Morgan fingerprint density at radius 3 is 2.42 bits per heavy atom. The van der Waals surface area contributed by atoms with E-state index in [1.54, 1.807) is 0 Å². The van der Waals surface area contributed by atoms with E-state index in [4.69, 9.17) is 4.99 Å². The molecule has 0 saturated carbocycles. The Kier molecular flexibility index (Phi) is 9.30. The quantitative estimate of drug-likeness (QED) is 0.395. The molecule has 0 aromatic carbocycles. The first-order valence-electron chi connectivity index (χ1n) is 9.45. The van der Waals surface area contributed by atoms with Crippen molar-refractivity contribution in [2.75, 3.05) is 59.9 Å². The number of halogens is 1. The highest BCUT2D eigenvalue weighted by Crippen LogP contribution is 2.36. The molecule has 2 aliphatic rings. The monoisotopic (exact) mass is 451 g/mol. The molecule has 0 radical (unpaired) electrons. The van der Waals surface area contributed by atoms with Gasteiger partial charge in [-0.2, -0.15) is 0 Å². The number of hydrogen-bond acceptors (Lipinski definition) is 3. The summed E-state index contributed by atoms with van der Waals surface area (Å²) < 4.78 is 0. The fraction of sp³-hybridized carbons (Fsp3) is 0.944. The number of likely N-dealkylation sites (N-methyl/N-ethyl adjacent to an activating group) is 2. The van der Waals surface area contributed by atoms with Crippen LogP contribution in [-0.2, 0) is 0 Å². The highest BCUT2D eigenvalue weighted by molar-refractivity contribution is 14.0. The molecule has 2 saturated heterocycles. The van der Waals surface area contributed by atoms with Gasteiger partial charge < -0.3 is 15.1 Å². The lowest BCUT2D eigenvalue weighted by atomic mass is 9.82. The summed E-state index contributed by atoms with van der Waals surface area (Å²) in [6, 6.07) is 0.534. The molecule has 0 aliphatic carbocycles. The third-order valence-corrected chi connectivity index (χ3v) is 6.00. The molecule has 5 nitrogen and oxygen atoms in total. The maximum atomic E-state index is 5.00. The number of rotatable bonds is 5. The molecule has 0 amide bonds. The van der Waals surface area contributed by atoms with Crippen LogP contribution in [0.25, 0.3) is 0 Å². The summed E-state index contributed by atoms with van der Waals surface area (Å²) in [4.78, 5) is 12.4. The number of aliphatic imine (C=N–C) groups is 1. The van der Waals surface area contributed by atoms with Crippen LogP contribution in [0, 0.1) is 5.41 Å². The molecule has 142 valence electrons. The molecule has 24 heavy (non-hydrogen) atoms. The van der Waals surface area contributed by atoms with Crippen LogP contribution in [0.15, 0.2) is 4.99 Å². The molecular weight excluding hydrogens is 413 g/mol. The Hall–Kier alpha value is -0.0800. The van der Waals surface area contributed by atoms with E-state index in [9.17, 15) is 0 Å². The Bertz CT molecular complexity index is 397. The van der Waals surface area contributed by atoms with Gasteiger partial charge in [-0.25, -0.2) is 0 Å². The number of likely N-dealkylation sites (tertiary alicyclic amines) is 1. The maximum absolute atomic E-state index is 5.00. The fourth-order valence-corrected chi connectivity index (χ4v) is 3.86. The maximum Gasteiger partial charge on any atom is 0.193 e. The molecule has 6 heteroatoms. The van der Waals surface area contributed by atoms with Crippen LogP contribution in [0.5, 0.6) is 0 Å². The van der Waals surface area contributed by atoms with Crippen molar-refractivity contribution in [2.24, 2.45) is 10.4 Å². The average molecular weight is 451 g/mol. The topological polar surface area (TPSA) is 34.1 Å². The van der Waals surface area contributed by atoms with Crippen molar-refractivity contribution in [3.8, 4) is 0 Å². The Morgan fingerprint density at radius 1 is 1.12 bits per heavy atom. The second kappa shape index (κ2) is 10.2. The van der Waals surface area contributed by atoms with Gasteiger partial charge in [0, 0.05) is 45.3 Å². The van der Waals surface area contributed by atoms with E-state index in [-0.39, 0.29) is 24.0 Å². The number of nitrogens with zero attached hydrogens (tertiary/aromatic N) is 4. The van der Waals surface area contributed by atoms with Crippen molar-refractivity contribution in [2.45, 2.75) is 46.1 Å². The van der Waals surface area contributed by atoms with Crippen LogP contribution in [0.2, 0.25) is 0 Å². The fourth-order valence-electron chi connectivity index (χ4n) is 3.86. The van der Waals surface area contributed by atoms with E-state index in [2.05, 4.69) is 54.9 Å². The van der Waals surface area contributed by atoms with Gasteiger partial charge in [0.2, 0.25) is 0 Å². The van der Waals surface area contributed by atoms with Gasteiger partial charge in [-0.05, 0) is 45.7 Å². The molecular formula is C18H38IN5. The zero-order chi connectivity index (χ0) is 16.9. The number of hydrogen-bond donors (Lipinski definition) is 1. The van der Waals surface area contributed by atoms with Crippen molar-refractivity contribution >= 4 is 29.9 Å². The van der Waals surface area contributed by atoms with Crippen molar-refractivity contribution in [3.05, 3.63) is 0 Å². The van der Waals surface area contributed by atoms with E-state index in [1.165, 1.54) is 25.8 Å². The first-order chi connectivity index (χ1) is 11.0. The standard InChI is InChI=1S/C18H37N5.HI/c1-6-18(7-2)9-10-23(15-18)17(19-8-3)20-13-16-14-21(4)11-12-22(16)5;/h16H,6-15H2,1-5H3,(H,19,20);1H. The molecule has 2 rings (SSSR count). The summed E-state index contributed by atoms with van der Waals surface area (Å²) in [7, 11) is 4.45. The predicted octanol–water partition coefficient (Wildman–Crippen LogP) is 2.33. The van der Waals surface area contributed by atoms with Crippen LogP contribution in [0.1, 0.15) is 40.0 Å². The van der Waals surface area contributed by atoms with Gasteiger partial charge in [0.25, 0.3) is 0 Å². The van der Waals surface area contributed by atoms with Crippen molar-refractivity contribution in [1.29, 1.82) is 0 Å². The SMILES string of the molecule is CCNC(=NCC1CN(C)CCN1C)N1CCC(CC)(CC)C1.I. The minimum atomic E-state index is 0. The van der Waals surface area contributed by atoms with Crippen molar-refractivity contribution in [1.82, 2.24) is 20.0 Å². The molecule has 1 N–H and O–H groups in total. The van der Waals surface area contributed by atoms with E-state index in [1.807, 2.05) is 0 Å². The molecule has 0 spiro atoms. The van der Waals surface area contributed by atoms with Crippen molar-refractivity contribution < 1.29 is 0 Å². The first-order valence-corrected chi connectivity index (χ1v) is 9.45. The predicted molar refractivity (Wildman–Crippen MR) is 115 cm³/mol. The lowest BCUT2D eigenvalue weighted by molar-refractivity contribution is 0.119. The van der Waals surface area contributed by atoms with Crippen LogP contribution in [0.3, 0.4) is 0 Å². The van der Waals surface area contributed by atoms with E-state index >= 15 is 0 Å². The second-order valence-electron chi connectivity index (χ2n) is 7.47. The second-order valence-corrected chi connectivity index (χ2v) is 7.47. The van der Waals surface area contributed by atoms with Gasteiger partial charge in [0.1, 0.15) is 0 Å². The van der Waals surface area contributed by atoms with Gasteiger partial charge in [0.05, 0.1) is 6.54 Å². The van der Waals surface area contributed by atoms with Crippen molar-refractivity contribution in [3.63, 3.8) is 0 Å². The Labute approximate surface area is 166 Å². The smallest absolute Gasteiger partial charge is 0.193 e. The molecule has 0 bridgehead atoms. The van der Waals surface area contributed by atoms with E-state index in [0.29, 0.717) is 11.5 Å². The van der Waals surface area contributed by atoms with Crippen LogP contribution in [0.4, 0.5) is 0 Å². The summed E-state index contributed by atoms with van der Waals surface area (Å²) in [5, 5.41) is 3.52. The van der Waals surface area contributed by atoms with Gasteiger partial charge in [-0.15, -0.1) is 24.0 Å². The summed E-state index contributed by atoms with van der Waals surface area (Å²) in [6.45, 7) is 14.4. The molecule has 1 atom stereocenters. The Morgan fingerprint density at radius 2 is 1.83 bits per heavy atom. The van der Waals surface area contributed by atoms with Crippen LogP contribution >= 0.6 is 24.0 Å².